The number of anilines is 2. The van der Waals surface area contributed by atoms with Gasteiger partial charge in [-0.05, 0) is 91.5 Å². The molecule has 2 aromatic carbocycles. The van der Waals surface area contributed by atoms with Gasteiger partial charge in [0.1, 0.15) is 17.6 Å². The minimum atomic E-state index is -5.08. The molecule has 0 unspecified atom stereocenters. The van der Waals surface area contributed by atoms with Crippen LogP contribution in [-0.2, 0) is 19.1 Å². The minimum Gasteiger partial charge on any atom is -0.453 e. The largest absolute Gasteiger partial charge is 0.573 e. The van der Waals surface area contributed by atoms with Gasteiger partial charge in [-0.2, -0.15) is 0 Å². The number of methoxy groups -OCH3 is 1. The van der Waals surface area contributed by atoms with Gasteiger partial charge in [-0.25, -0.2) is 9.78 Å². The zero-order chi connectivity index (χ0) is 48.2. The van der Waals surface area contributed by atoms with Crippen molar-refractivity contribution in [1.82, 2.24) is 25.4 Å². The molecule has 7 rings (SSSR count). The van der Waals surface area contributed by atoms with Crippen LogP contribution in [0.25, 0.3) is 16.7 Å². The van der Waals surface area contributed by atoms with E-state index in [4.69, 9.17) is 21.1 Å². The van der Waals surface area contributed by atoms with E-state index in [1.807, 2.05) is 44.9 Å². The van der Waals surface area contributed by atoms with Crippen molar-refractivity contribution in [2.45, 2.75) is 84.8 Å². The number of nitrogens with zero attached hydrogens (tertiary/aromatic N) is 4. The SMILES string of the molecule is COC(=O)N[C@H](C(=O)N1C[C@@H](C)C[C@H]1C1=C=CCC(c2ccc(-c3cc(Cl)c(C(=O)Nc4ccc(N5CCN(C(=O)C(C)(C)C)C[C@H]5C)nc4)cc3OC(F)(F)F)cc2)=CN1)C1CCOCC1. The molecule has 0 radical (unpaired) electrons. The van der Waals surface area contributed by atoms with E-state index < -0.39 is 35.6 Å². The van der Waals surface area contributed by atoms with Crippen molar-refractivity contribution in [3.63, 3.8) is 0 Å². The maximum absolute atomic E-state index is 14.2. The number of ether oxygens (including phenoxy) is 3. The third kappa shape index (κ3) is 11.7. The van der Waals surface area contributed by atoms with Crippen LogP contribution in [0.15, 0.2) is 78.4 Å². The summed E-state index contributed by atoms with van der Waals surface area (Å²) in [5, 5.41) is 8.73. The van der Waals surface area contributed by atoms with E-state index in [9.17, 15) is 32.3 Å². The quantitative estimate of drug-likeness (QED) is 0.169. The van der Waals surface area contributed by atoms with Crippen molar-refractivity contribution in [3.05, 3.63) is 94.6 Å². The van der Waals surface area contributed by atoms with Crippen molar-refractivity contribution in [1.29, 1.82) is 0 Å². The van der Waals surface area contributed by atoms with E-state index in [1.165, 1.54) is 19.4 Å². The summed E-state index contributed by atoms with van der Waals surface area (Å²) in [7, 11) is 1.27. The van der Waals surface area contributed by atoms with Crippen LogP contribution in [0, 0.1) is 17.3 Å². The average Bonchev–Trinajstić information content (AvgIpc) is 3.52. The number of likely N-dealkylation sites (tertiary alicyclic amines) is 1. The monoisotopic (exact) mass is 947 g/mol. The second-order valence-electron chi connectivity index (χ2n) is 18.5. The first-order valence-corrected chi connectivity index (χ1v) is 22.8. The molecule has 0 spiro atoms. The fourth-order valence-corrected chi connectivity index (χ4v) is 9.35. The Morgan fingerprint density at radius 3 is 2.34 bits per heavy atom. The van der Waals surface area contributed by atoms with Gasteiger partial charge in [-0.3, -0.25) is 14.4 Å². The summed E-state index contributed by atoms with van der Waals surface area (Å²) in [5.74, 6) is -0.751. The first-order valence-electron chi connectivity index (χ1n) is 22.5. The van der Waals surface area contributed by atoms with Gasteiger partial charge in [0.05, 0.1) is 41.3 Å². The molecule has 4 aliphatic rings. The summed E-state index contributed by atoms with van der Waals surface area (Å²) in [6.45, 7) is 12.9. The molecule has 3 saturated heterocycles. The molecule has 4 atom stereocenters. The Morgan fingerprint density at radius 2 is 1.70 bits per heavy atom. The van der Waals surface area contributed by atoms with E-state index >= 15 is 0 Å². The summed E-state index contributed by atoms with van der Waals surface area (Å²) >= 11 is 6.62. The third-order valence-corrected chi connectivity index (χ3v) is 12.8. The number of piperazine rings is 1. The van der Waals surface area contributed by atoms with Crippen molar-refractivity contribution in [2.75, 3.05) is 56.7 Å². The Labute approximate surface area is 393 Å². The molecule has 5 heterocycles. The number of rotatable bonds is 10. The summed E-state index contributed by atoms with van der Waals surface area (Å²) in [5.41, 5.74) is 5.63. The van der Waals surface area contributed by atoms with E-state index in [2.05, 4.69) is 43.2 Å². The predicted octanol–water partition coefficient (Wildman–Crippen LogP) is 8.40. The van der Waals surface area contributed by atoms with Crippen LogP contribution < -0.4 is 25.6 Å². The van der Waals surface area contributed by atoms with Gasteiger partial charge < -0.3 is 44.9 Å². The number of nitrogens with one attached hydrogen (secondary N) is 3. The van der Waals surface area contributed by atoms with Gasteiger partial charge in [0.2, 0.25) is 11.8 Å². The predicted molar refractivity (Wildman–Crippen MR) is 248 cm³/mol. The lowest BCUT2D eigenvalue weighted by atomic mass is 9.90. The lowest BCUT2D eigenvalue weighted by molar-refractivity contribution is -0.274. The Bertz CT molecular complexity index is 2430. The normalized spacial score (nSPS) is 20.8. The molecule has 14 nitrogen and oxygen atoms in total. The zero-order valence-electron chi connectivity index (χ0n) is 38.5. The highest BCUT2D eigenvalue weighted by Gasteiger charge is 2.42. The van der Waals surface area contributed by atoms with Crippen LogP contribution in [0.4, 0.5) is 29.5 Å². The number of amides is 4. The molecule has 67 heavy (non-hydrogen) atoms. The Balaban J connectivity index is 1.04. The van der Waals surface area contributed by atoms with Crippen molar-refractivity contribution >= 4 is 52.5 Å². The number of hydrogen-bond acceptors (Lipinski definition) is 10. The van der Waals surface area contributed by atoms with Crippen molar-refractivity contribution in [2.24, 2.45) is 17.3 Å². The minimum absolute atomic E-state index is 0.0130. The number of aromatic nitrogens is 1. The third-order valence-electron chi connectivity index (χ3n) is 12.5. The van der Waals surface area contributed by atoms with Crippen molar-refractivity contribution in [3.8, 4) is 16.9 Å². The molecular weight excluding hydrogens is 891 g/mol. The number of alkyl halides is 3. The van der Waals surface area contributed by atoms with Gasteiger partial charge in [0, 0.05) is 62.6 Å². The van der Waals surface area contributed by atoms with E-state index in [0.717, 1.165) is 17.2 Å². The average molecular weight is 948 g/mol. The number of halogens is 4. The number of carbonyl (C=O) groups excluding carboxylic acids is 4. The van der Waals surface area contributed by atoms with Gasteiger partial charge in [0.15, 0.2) is 0 Å². The van der Waals surface area contributed by atoms with Gasteiger partial charge in [0.25, 0.3) is 5.91 Å². The maximum atomic E-state index is 14.2. The number of carbonyl (C=O) groups is 4. The molecule has 4 aliphatic heterocycles. The standard InChI is InChI=1S/C49H57ClF3N7O7/c1-29-22-40(60(27-29)45(62)43(57-47(64)65-6)33-16-20-66-21-17-33)39-9-7-8-34(25-54-39)31-10-12-32(13-11-31)36-23-38(50)37(24-41(36)67-49(51,52)53)44(61)56-35-14-15-42(55-26-35)59-19-18-58(28-30(59)2)46(63)48(3,4)5/h7,10-15,23-26,29-30,33,40,43,54H,8,16-22,27-28H2,1-6H3,(H,56,61)(H,57,64)/t29-,30+,40-,43-/m0/s1. The number of hydrogen-bond donors (Lipinski definition) is 3. The fourth-order valence-electron chi connectivity index (χ4n) is 9.10. The summed E-state index contributed by atoms with van der Waals surface area (Å²) in [6, 6.07) is 11.3. The molecule has 358 valence electrons. The zero-order valence-corrected chi connectivity index (χ0v) is 39.2. The first-order chi connectivity index (χ1) is 31.8. The molecule has 0 aliphatic carbocycles. The summed E-state index contributed by atoms with van der Waals surface area (Å²) < 4.78 is 56.4. The summed E-state index contributed by atoms with van der Waals surface area (Å²) in [6.07, 6.45) is 1.82. The van der Waals surface area contributed by atoms with E-state index in [1.54, 1.807) is 41.3 Å². The van der Waals surface area contributed by atoms with E-state index in [-0.39, 0.29) is 51.9 Å². The molecule has 3 fully saturated rings. The first kappa shape index (κ1) is 48.9. The molecule has 3 N–H and O–H groups in total. The van der Waals surface area contributed by atoms with Gasteiger partial charge >= 0.3 is 12.5 Å². The topological polar surface area (TPSA) is 155 Å². The molecule has 1 aromatic heterocycles. The van der Waals surface area contributed by atoms with Gasteiger partial charge in [-0.1, -0.05) is 63.6 Å². The molecular formula is C49H57ClF3N7O7. The number of alkyl carbamates (subject to hydrolysis) is 1. The number of allylic oxidation sites excluding steroid dienone is 1. The second-order valence-corrected chi connectivity index (χ2v) is 19.0. The highest BCUT2D eigenvalue weighted by Crippen LogP contribution is 2.39. The van der Waals surface area contributed by atoms with Crippen molar-refractivity contribution < 1.29 is 46.6 Å². The number of pyridine rings is 1. The molecule has 0 bridgehead atoms. The molecule has 4 amide bonds. The van der Waals surface area contributed by atoms with Gasteiger partial charge in [-0.15, -0.1) is 18.9 Å². The number of benzene rings is 2. The Morgan fingerprint density at radius 1 is 0.985 bits per heavy atom. The Kier molecular flexibility index (Phi) is 14.9. The van der Waals surface area contributed by atoms with Crippen LogP contribution in [0.1, 0.15) is 76.2 Å². The van der Waals surface area contributed by atoms with Crippen LogP contribution >= 0.6 is 11.6 Å². The summed E-state index contributed by atoms with van der Waals surface area (Å²) in [4.78, 5) is 63.1. The van der Waals surface area contributed by atoms with Crippen LogP contribution in [0.5, 0.6) is 5.75 Å². The fraction of sp³-hybridized carbons (Fsp3) is 0.469. The Hall–Kier alpha value is -6.03. The molecule has 18 heteroatoms. The molecule has 0 saturated carbocycles. The van der Waals surface area contributed by atoms with Crippen LogP contribution in [0.3, 0.4) is 0 Å². The lowest BCUT2D eigenvalue weighted by Crippen LogP contribution is -2.56. The van der Waals surface area contributed by atoms with Crippen LogP contribution in [0.2, 0.25) is 5.02 Å². The highest BCUT2D eigenvalue weighted by atomic mass is 35.5. The molecule has 3 aromatic rings. The maximum Gasteiger partial charge on any atom is 0.573 e. The smallest absolute Gasteiger partial charge is 0.453 e. The second kappa shape index (κ2) is 20.5. The van der Waals surface area contributed by atoms with E-state index in [0.29, 0.717) is 87.8 Å². The van der Waals surface area contributed by atoms with Crippen LogP contribution in [-0.4, -0.2) is 110 Å². The highest BCUT2D eigenvalue weighted by molar-refractivity contribution is 6.35. The lowest BCUT2D eigenvalue weighted by Gasteiger charge is -2.42.